The lowest BCUT2D eigenvalue weighted by molar-refractivity contribution is 0.422. The molecule has 1 rings (SSSR count). The SMILES string of the molecule is CC(C)(NC/C(Cl)=C/Cl)c1nccs1. The van der Waals surface area contributed by atoms with Gasteiger partial charge in [-0.1, -0.05) is 23.2 Å². The monoisotopic (exact) mass is 250 g/mol. The molecule has 0 saturated carbocycles. The van der Waals surface area contributed by atoms with E-state index in [1.807, 2.05) is 5.38 Å². The van der Waals surface area contributed by atoms with Gasteiger partial charge in [-0.15, -0.1) is 11.3 Å². The average molecular weight is 251 g/mol. The molecule has 2 nitrogen and oxygen atoms in total. The molecule has 0 unspecified atom stereocenters. The Hall–Kier alpha value is -0.0900. The lowest BCUT2D eigenvalue weighted by Crippen LogP contribution is -2.37. The van der Waals surface area contributed by atoms with Crippen molar-refractivity contribution in [2.24, 2.45) is 0 Å². The van der Waals surface area contributed by atoms with E-state index in [4.69, 9.17) is 23.2 Å². The molecule has 0 aliphatic heterocycles. The molecule has 0 aliphatic carbocycles. The Kier molecular flexibility index (Phi) is 4.38. The van der Waals surface area contributed by atoms with Gasteiger partial charge in [-0.2, -0.15) is 0 Å². The first-order valence-electron chi connectivity index (χ1n) is 4.16. The maximum absolute atomic E-state index is 5.78. The van der Waals surface area contributed by atoms with E-state index < -0.39 is 0 Å². The minimum absolute atomic E-state index is 0.172. The fourth-order valence-corrected chi connectivity index (χ4v) is 1.83. The van der Waals surface area contributed by atoms with Crippen molar-refractivity contribution in [3.63, 3.8) is 0 Å². The Morgan fingerprint density at radius 3 is 2.93 bits per heavy atom. The van der Waals surface area contributed by atoms with Gasteiger partial charge in [-0.25, -0.2) is 4.98 Å². The Labute approximate surface area is 97.9 Å². The van der Waals surface area contributed by atoms with Gasteiger partial charge in [-0.05, 0) is 13.8 Å². The summed E-state index contributed by atoms with van der Waals surface area (Å²) >= 11 is 12.9. The first kappa shape index (κ1) is 12.0. The van der Waals surface area contributed by atoms with Gasteiger partial charge in [0.1, 0.15) is 5.01 Å². The van der Waals surface area contributed by atoms with Gasteiger partial charge in [-0.3, -0.25) is 0 Å². The molecular weight excluding hydrogens is 239 g/mol. The van der Waals surface area contributed by atoms with E-state index >= 15 is 0 Å². The van der Waals surface area contributed by atoms with E-state index in [0.29, 0.717) is 11.6 Å². The van der Waals surface area contributed by atoms with E-state index in [9.17, 15) is 0 Å². The molecule has 0 bridgehead atoms. The fraction of sp³-hybridized carbons (Fsp3) is 0.444. The third-order valence-corrected chi connectivity index (χ3v) is 3.50. The summed E-state index contributed by atoms with van der Waals surface area (Å²) in [5, 5.41) is 6.86. The Morgan fingerprint density at radius 2 is 2.43 bits per heavy atom. The zero-order valence-corrected chi connectivity index (χ0v) is 10.4. The van der Waals surface area contributed by atoms with Crippen LogP contribution in [0.3, 0.4) is 0 Å². The van der Waals surface area contributed by atoms with Crippen LogP contribution in [0.15, 0.2) is 22.1 Å². The third kappa shape index (κ3) is 3.24. The van der Waals surface area contributed by atoms with Crippen LogP contribution in [0.1, 0.15) is 18.9 Å². The molecule has 1 aromatic rings. The molecule has 0 aliphatic rings. The Morgan fingerprint density at radius 1 is 1.71 bits per heavy atom. The van der Waals surface area contributed by atoms with Crippen molar-refractivity contribution < 1.29 is 0 Å². The first-order valence-corrected chi connectivity index (χ1v) is 5.85. The third-order valence-electron chi connectivity index (χ3n) is 1.78. The van der Waals surface area contributed by atoms with Gasteiger partial charge in [0.2, 0.25) is 0 Å². The molecule has 0 radical (unpaired) electrons. The molecule has 5 heteroatoms. The quantitative estimate of drug-likeness (QED) is 0.888. The van der Waals surface area contributed by atoms with Crippen LogP contribution in [0.25, 0.3) is 0 Å². The van der Waals surface area contributed by atoms with E-state index in [0.717, 1.165) is 5.01 Å². The van der Waals surface area contributed by atoms with Crippen molar-refractivity contribution in [3.8, 4) is 0 Å². The topological polar surface area (TPSA) is 24.9 Å². The predicted molar refractivity (Wildman–Crippen MR) is 62.9 cm³/mol. The van der Waals surface area contributed by atoms with Crippen LogP contribution in [-0.4, -0.2) is 11.5 Å². The lowest BCUT2D eigenvalue weighted by Gasteiger charge is -2.23. The molecule has 0 saturated heterocycles. The molecule has 1 aromatic heterocycles. The van der Waals surface area contributed by atoms with Gasteiger partial charge < -0.3 is 5.32 Å². The first-order chi connectivity index (χ1) is 6.56. The van der Waals surface area contributed by atoms with Crippen molar-refractivity contribution in [1.29, 1.82) is 0 Å². The van der Waals surface area contributed by atoms with Crippen LogP contribution in [0.2, 0.25) is 0 Å². The van der Waals surface area contributed by atoms with Crippen LogP contribution in [0.4, 0.5) is 0 Å². The van der Waals surface area contributed by atoms with Crippen LogP contribution >= 0.6 is 34.5 Å². The molecule has 0 amide bonds. The molecule has 0 atom stereocenters. The van der Waals surface area contributed by atoms with E-state index in [-0.39, 0.29) is 5.54 Å². The summed E-state index contributed by atoms with van der Waals surface area (Å²) in [5.41, 5.74) is 1.20. The van der Waals surface area contributed by atoms with E-state index in [1.165, 1.54) is 5.54 Å². The van der Waals surface area contributed by atoms with Gasteiger partial charge in [0.05, 0.1) is 5.54 Å². The molecule has 0 fully saturated rings. The molecule has 0 spiro atoms. The maximum Gasteiger partial charge on any atom is 0.112 e. The maximum atomic E-state index is 5.78. The Bertz CT molecular complexity index is 307. The predicted octanol–water partition coefficient (Wildman–Crippen LogP) is 3.29. The van der Waals surface area contributed by atoms with Gasteiger partial charge in [0.25, 0.3) is 0 Å². The van der Waals surface area contributed by atoms with Crippen molar-refractivity contribution in [2.75, 3.05) is 6.54 Å². The van der Waals surface area contributed by atoms with Crippen molar-refractivity contribution in [2.45, 2.75) is 19.4 Å². The summed E-state index contributed by atoms with van der Waals surface area (Å²) in [7, 11) is 0. The van der Waals surface area contributed by atoms with Crippen molar-refractivity contribution >= 4 is 34.5 Å². The molecule has 1 heterocycles. The van der Waals surface area contributed by atoms with Crippen LogP contribution < -0.4 is 5.32 Å². The number of hydrogen-bond donors (Lipinski definition) is 1. The number of nitrogens with zero attached hydrogens (tertiary/aromatic N) is 1. The number of halogens is 2. The summed E-state index contributed by atoms with van der Waals surface area (Å²) in [5.74, 6) is 0. The van der Waals surface area contributed by atoms with Gasteiger partial charge in [0, 0.05) is 28.7 Å². The van der Waals surface area contributed by atoms with Gasteiger partial charge in [0.15, 0.2) is 0 Å². The summed E-state index contributed by atoms with van der Waals surface area (Å²) in [4.78, 5) is 4.25. The van der Waals surface area contributed by atoms with Crippen molar-refractivity contribution in [3.05, 3.63) is 27.2 Å². The minimum Gasteiger partial charge on any atom is -0.301 e. The number of rotatable bonds is 4. The highest BCUT2D eigenvalue weighted by atomic mass is 35.5. The molecule has 14 heavy (non-hydrogen) atoms. The molecule has 78 valence electrons. The molecule has 0 aromatic carbocycles. The highest BCUT2D eigenvalue weighted by Crippen LogP contribution is 2.22. The van der Waals surface area contributed by atoms with Crippen molar-refractivity contribution in [1.82, 2.24) is 10.3 Å². The Balaban J connectivity index is 2.59. The summed E-state index contributed by atoms with van der Waals surface area (Å²) < 4.78 is 0. The standard InChI is InChI=1S/C9H12Cl2N2S/c1-9(2,8-12-3-4-14-8)13-6-7(11)5-10/h3-5,13H,6H2,1-2H3/b7-5-. The number of thiazole rings is 1. The average Bonchev–Trinajstić information content (AvgIpc) is 2.67. The number of aromatic nitrogens is 1. The second-order valence-electron chi connectivity index (χ2n) is 3.37. The summed E-state index contributed by atoms with van der Waals surface area (Å²) in [6, 6.07) is 0. The van der Waals surface area contributed by atoms with E-state index in [1.54, 1.807) is 17.5 Å². The second-order valence-corrected chi connectivity index (χ2v) is 4.97. The smallest absolute Gasteiger partial charge is 0.112 e. The minimum atomic E-state index is -0.172. The summed E-state index contributed by atoms with van der Waals surface area (Å²) in [6.07, 6.45) is 1.79. The summed E-state index contributed by atoms with van der Waals surface area (Å²) in [6.45, 7) is 4.67. The second kappa shape index (κ2) is 5.12. The number of nitrogens with one attached hydrogen (secondary N) is 1. The van der Waals surface area contributed by atoms with E-state index in [2.05, 4.69) is 24.1 Å². The lowest BCUT2D eigenvalue weighted by atomic mass is 10.1. The van der Waals surface area contributed by atoms with Gasteiger partial charge >= 0.3 is 0 Å². The zero-order valence-electron chi connectivity index (χ0n) is 8.05. The normalized spacial score (nSPS) is 13.3. The molecule has 1 N–H and O–H groups in total. The van der Waals surface area contributed by atoms with Crippen LogP contribution in [-0.2, 0) is 5.54 Å². The highest BCUT2D eigenvalue weighted by Gasteiger charge is 2.22. The zero-order chi connectivity index (χ0) is 10.6. The highest BCUT2D eigenvalue weighted by molar-refractivity contribution is 7.09. The largest absolute Gasteiger partial charge is 0.301 e. The van der Waals surface area contributed by atoms with Crippen LogP contribution in [0.5, 0.6) is 0 Å². The number of hydrogen-bond acceptors (Lipinski definition) is 3. The molecular formula is C9H12Cl2N2S. The fourth-order valence-electron chi connectivity index (χ4n) is 0.952. The van der Waals surface area contributed by atoms with Crippen LogP contribution in [0, 0.1) is 0 Å².